The summed E-state index contributed by atoms with van der Waals surface area (Å²) < 4.78 is 6.02. The van der Waals surface area contributed by atoms with Crippen LogP contribution in [0.3, 0.4) is 0 Å². The van der Waals surface area contributed by atoms with Gasteiger partial charge in [-0.2, -0.15) is 0 Å². The lowest BCUT2D eigenvalue weighted by Crippen LogP contribution is -1.98. The Balaban J connectivity index is 1.76. The van der Waals surface area contributed by atoms with Gasteiger partial charge in [-0.1, -0.05) is 90.6 Å². The van der Waals surface area contributed by atoms with E-state index in [1.807, 2.05) is 31.2 Å². The summed E-state index contributed by atoms with van der Waals surface area (Å²) in [6, 6.07) is 29.4. The molecule has 0 aliphatic heterocycles. The summed E-state index contributed by atoms with van der Waals surface area (Å²) in [5.74, 6) is 0.873. The van der Waals surface area contributed by atoms with E-state index in [2.05, 4.69) is 67.6 Å². The Morgan fingerprint density at radius 2 is 1.68 bits per heavy atom. The Morgan fingerprint density at radius 1 is 0.857 bits per heavy atom. The molecule has 0 saturated heterocycles. The van der Waals surface area contributed by atoms with Crippen molar-refractivity contribution in [3.05, 3.63) is 102 Å². The van der Waals surface area contributed by atoms with Gasteiger partial charge < -0.3 is 4.74 Å². The second-order valence-corrected chi connectivity index (χ2v) is 7.68. The summed E-state index contributed by atoms with van der Waals surface area (Å²) >= 11 is 5.54. The van der Waals surface area contributed by atoms with Gasteiger partial charge in [-0.25, -0.2) is 0 Å². The quantitative estimate of drug-likeness (QED) is 0.268. The van der Waals surface area contributed by atoms with Crippen molar-refractivity contribution >= 4 is 27.9 Å². The van der Waals surface area contributed by atoms with Crippen molar-refractivity contribution in [3.8, 4) is 16.9 Å². The highest BCUT2D eigenvalue weighted by molar-refractivity contribution is 7.80. The predicted molar refractivity (Wildman–Crippen MR) is 122 cm³/mol. The van der Waals surface area contributed by atoms with Crippen LogP contribution in [0.4, 0.5) is 0 Å². The zero-order valence-corrected chi connectivity index (χ0v) is 16.9. The number of aryl methyl sites for hydroxylation is 1. The summed E-state index contributed by atoms with van der Waals surface area (Å²) in [5, 5.41) is 2.35. The summed E-state index contributed by atoms with van der Waals surface area (Å²) in [7, 11) is 0. The lowest BCUT2D eigenvalue weighted by Gasteiger charge is -2.15. The van der Waals surface area contributed by atoms with Crippen LogP contribution in [0.2, 0.25) is 0 Å². The number of benzene rings is 4. The molecule has 0 aromatic heterocycles. The summed E-state index contributed by atoms with van der Waals surface area (Å²) in [6.07, 6.45) is 0. The molecule has 0 unspecified atom stereocenters. The van der Waals surface area contributed by atoms with E-state index in [-0.39, 0.29) is 0 Å². The largest absolute Gasteiger partial charge is 0.489 e. The monoisotopic (exact) mass is 382 g/mol. The molecule has 0 aliphatic rings. The molecule has 0 radical (unpaired) electrons. The second-order valence-electron chi connectivity index (χ2n) is 7.07. The molecular weight excluding hydrogens is 360 g/mol. The molecule has 0 bridgehead atoms. The van der Waals surface area contributed by atoms with Crippen LogP contribution in [0, 0.1) is 6.92 Å². The van der Waals surface area contributed by atoms with Crippen LogP contribution in [-0.4, -0.2) is 4.86 Å². The summed E-state index contributed by atoms with van der Waals surface area (Å²) in [6.45, 7) is 4.68. The molecule has 0 amide bonds. The van der Waals surface area contributed by atoms with Crippen molar-refractivity contribution in [1.29, 1.82) is 0 Å². The number of thiocarbonyl (C=S) groups is 1. The van der Waals surface area contributed by atoms with E-state index in [1.165, 1.54) is 22.1 Å². The van der Waals surface area contributed by atoms with Gasteiger partial charge in [0.15, 0.2) is 0 Å². The van der Waals surface area contributed by atoms with Crippen LogP contribution in [0.25, 0.3) is 21.9 Å². The fraction of sp³-hybridized carbons (Fsp3) is 0.115. The Kier molecular flexibility index (Phi) is 5.23. The zero-order valence-electron chi connectivity index (χ0n) is 16.1. The van der Waals surface area contributed by atoms with Crippen LogP contribution in [-0.2, 0) is 6.61 Å². The van der Waals surface area contributed by atoms with E-state index in [0.717, 1.165) is 27.1 Å². The number of hydrogen-bond donors (Lipinski definition) is 0. The summed E-state index contributed by atoms with van der Waals surface area (Å²) in [5.41, 5.74) is 5.91. The highest BCUT2D eigenvalue weighted by Gasteiger charge is 2.12. The highest BCUT2D eigenvalue weighted by atomic mass is 32.1. The van der Waals surface area contributed by atoms with Gasteiger partial charge in [0, 0.05) is 4.86 Å². The first-order valence-electron chi connectivity index (χ1n) is 9.43. The molecule has 1 nitrogen and oxygen atoms in total. The second kappa shape index (κ2) is 7.95. The molecule has 0 aliphatic carbocycles. The van der Waals surface area contributed by atoms with Gasteiger partial charge >= 0.3 is 0 Å². The van der Waals surface area contributed by atoms with Crippen molar-refractivity contribution in [2.75, 3.05) is 0 Å². The van der Waals surface area contributed by atoms with Crippen LogP contribution < -0.4 is 4.74 Å². The molecule has 0 N–H and O–H groups in total. The lowest BCUT2D eigenvalue weighted by molar-refractivity contribution is 0.306. The Bertz CT molecular complexity index is 1150. The first-order chi connectivity index (χ1) is 13.6. The zero-order chi connectivity index (χ0) is 19.5. The number of rotatable bonds is 5. The average Bonchev–Trinajstić information content (AvgIpc) is 2.72. The third-order valence-corrected chi connectivity index (χ3v) is 5.15. The maximum Gasteiger partial charge on any atom is 0.120 e. The number of hydrogen-bond acceptors (Lipinski definition) is 2. The molecule has 0 fully saturated rings. The predicted octanol–water partition coefficient (Wildman–Crippen LogP) is 7.13. The summed E-state index contributed by atoms with van der Waals surface area (Å²) in [4.78, 5) is 0.905. The van der Waals surface area contributed by atoms with E-state index in [1.54, 1.807) is 0 Å². The molecule has 2 heteroatoms. The molecule has 4 aromatic carbocycles. The average molecular weight is 383 g/mol. The smallest absolute Gasteiger partial charge is 0.120 e. The SMILES string of the molecule is CC(=S)c1ccc2cc(OCc3ccccc3)ccc2c1-c1cccc(C)c1. The van der Waals surface area contributed by atoms with Gasteiger partial charge in [0.05, 0.1) is 0 Å². The van der Waals surface area contributed by atoms with Crippen molar-refractivity contribution in [2.24, 2.45) is 0 Å². The van der Waals surface area contributed by atoms with Crippen LogP contribution in [0.1, 0.15) is 23.6 Å². The van der Waals surface area contributed by atoms with Gasteiger partial charge in [0.1, 0.15) is 12.4 Å². The first kappa shape index (κ1) is 18.4. The Labute approximate surface area is 171 Å². The van der Waals surface area contributed by atoms with Gasteiger partial charge in [-0.15, -0.1) is 0 Å². The molecule has 0 saturated carbocycles. The minimum Gasteiger partial charge on any atom is -0.489 e. The molecule has 0 spiro atoms. The maximum atomic E-state index is 6.02. The van der Waals surface area contributed by atoms with E-state index >= 15 is 0 Å². The molecule has 0 atom stereocenters. The molecular formula is C26H22OS. The van der Waals surface area contributed by atoms with Crippen LogP contribution >= 0.6 is 12.2 Å². The fourth-order valence-corrected chi connectivity index (χ4v) is 3.71. The van der Waals surface area contributed by atoms with E-state index in [9.17, 15) is 0 Å². The van der Waals surface area contributed by atoms with E-state index in [4.69, 9.17) is 17.0 Å². The van der Waals surface area contributed by atoms with Gasteiger partial charge in [-0.05, 0) is 59.0 Å². The first-order valence-corrected chi connectivity index (χ1v) is 9.84. The van der Waals surface area contributed by atoms with E-state index in [0.29, 0.717) is 6.61 Å². The topological polar surface area (TPSA) is 9.23 Å². The van der Waals surface area contributed by atoms with Crippen molar-refractivity contribution in [1.82, 2.24) is 0 Å². The third kappa shape index (κ3) is 3.83. The maximum absolute atomic E-state index is 6.02. The highest BCUT2D eigenvalue weighted by Crippen LogP contribution is 2.35. The van der Waals surface area contributed by atoms with E-state index < -0.39 is 0 Å². The molecule has 28 heavy (non-hydrogen) atoms. The fourth-order valence-electron chi connectivity index (χ4n) is 3.54. The Morgan fingerprint density at radius 3 is 2.43 bits per heavy atom. The van der Waals surface area contributed by atoms with Gasteiger partial charge in [0.2, 0.25) is 0 Å². The normalized spacial score (nSPS) is 10.8. The third-order valence-electron chi connectivity index (χ3n) is 4.93. The van der Waals surface area contributed by atoms with Gasteiger partial charge in [0.25, 0.3) is 0 Å². The number of fused-ring (bicyclic) bond motifs is 1. The molecule has 4 aromatic rings. The number of ether oxygens (including phenoxy) is 1. The molecule has 138 valence electrons. The van der Waals surface area contributed by atoms with Crippen molar-refractivity contribution in [3.63, 3.8) is 0 Å². The Hall–Kier alpha value is -2.97. The molecule has 4 rings (SSSR count). The van der Waals surface area contributed by atoms with Crippen LogP contribution in [0.5, 0.6) is 5.75 Å². The van der Waals surface area contributed by atoms with Crippen molar-refractivity contribution < 1.29 is 4.74 Å². The van der Waals surface area contributed by atoms with Crippen molar-refractivity contribution in [2.45, 2.75) is 20.5 Å². The van der Waals surface area contributed by atoms with Crippen LogP contribution in [0.15, 0.2) is 84.9 Å². The lowest BCUT2D eigenvalue weighted by atomic mass is 9.91. The minimum atomic E-state index is 0.564. The molecule has 0 heterocycles. The minimum absolute atomic E-state index is 0.564. The van der Waals surface area contributed by atoms with Gasteiger partial charge in [-0.3, -0.25) is 0 Å². The standard InChI is InChI=1S/C26H22OS/c1-18-7-6-10-22(15-18)26-24(19(2)28)13-11-21-16-23(12-14-25(21)26)27-17-20-8-4-3-5-9-20/h3-16H,17H2,1-2H3.